The van der Waals surface area contributed by atoms with Gasteiger partial charge in [0.2, 0.25) is 5.88 Å². The molecule has 0 saturated carbocycles. The molecule has 0 radical (unpaired) electrons. The van der Waals surface area contributed by atoms with Crippen LogP contribution < -0.4 is 20.5 Å². The molecule has 2 aromatic carbocycles. The summed E-state index contributed by atoms with van der Waals surface area (Å²) < 4.78 is 13.4. The SMILES string of the molecule is CN1C(O)=C2C(=O)N(c3cccc(F)c3)NN2c2ccccc21. The molecular weight excluding hydrogens is 299 g/mol. The van der Waals surface area contributed by atoms with E-state index in [9.17, 15) is 14.3 Å². The van der Waals surface area contributed by atoms with Gasteiger partial charge in [-0.05, 0) is 30.3 Å². The van der Waals surface area contributed by atoms with Gasteiger partial charge in [-0.15, -0.1) is 5.53 Å². The third kappa shape index (κ3) is 1.87. The quantitative estimate of drug-likeness (QED) is 0.846. The molecule has 23 heavy (non-hydrogen) atoms. The molecular formula is C16H13FN4O2. The predicted molar refractivity (Wildman–Crippen MR) is 84.0 cm³/mol. The highest BCUT2D eigenvalue weighted by molar-refractivity contribution is 6.12. The van der Waals surface area contributed by atoms with Gasteiger partial charge in [-0.3, -0.25) is 4.79 Å². The lowest BCUT2D eigenvalue weighted by molar-refractivity contribution is -0.114. The van der Waals surface area contributed by atoms with E-state index in [1.807, 2.05) is 24.3 Å². The van der Waals surface area contributed by atoms with Crippen LogP contribution in [0.5, 0.6) is 0 Å². The van der Waals surface area contributed by atoms with E-state index in [4.69, 9.17) is 0 Å². The van der Waals surface area contributed by atoms with Crippen LogP contribution in [0.4, 0.5) is 21.5 Å². The van der Waals surface area contributed by atoms with Crippen LogP contribution in [0.15, 0.2) is 60.1 Å². The van der Waals surface area contributed by atoms with Gasteiger partial charge < -0.3 is 10.0 Å². The fourth-order valence-electron chi connectivity index (χ4n) is 2.77. The van der Waals surface area contributed by atoms with Crippen LogP contribution in [0.25, 0.3) is 0 Å². The second-order valence-electron chi connectivity index (χ2n) is 5.28. The van der Waals surface area contributed by atoms with Crippen LogP contribution in [0.1, 0.15) is 0 Å². The average molecular weight is 312 g/mol. The number of para-hydroxylation sites is 2. The van der Waals surface area contributed by atoms with Crippen molar-refractivity contribution >= 4 is 23.0 Å². The standard InChI is InChI=1S/C16H13FN4O2/c1-19-12-7-2-3-8-13(12)21-14(15(19)22)16(23)20(18-21)11-6-4-5-10(17)9-11/h2-9,18,22H,1H3. The predicted octanol–water partition coefficient (Wildman–Crippen LogP) is 2.28. The maximum atomic E-state index is 13.4. The summed E-state index contributed by atoms with van der Waals surface area (Å²) in [6.07, 6.45) is 0. The number of carbonyl (C=O) groups is 1. The smallest absolute Gasteiger partial charge is 0.297 e. The Morgan fingerprint density at radius 3 is 2.52 bits per heavy atom. The molecule has 0 aliphatic carbocycles. The molecule has 1 fully saturated rings. The fourth-order valence-corrected chi connectivity index (χ4v) is 2.77. The van der Waals surface area contributed by atoms with E-state index in [1.54, 1.807) is 13.1 Å². The van der Waals surface area contributed by atoms with Gasteiger partial charge in [0.05, 0.1) is 17.1 Å². The molecule has 0 atom stereocenters. The van der Waals surface area contributed by atoms with Gasteiger partial charge in [-0.2, -0.15) is 0 Å². The highest BCUT2D eigenvalue weighted by Crippen LogP contribution is 2.40. The van der Waals surface area contributed by atoms with E-state index in [1.165, 1.54) is 33.1 Å². The second-order valence-corrected chi connectivity index (χ2v) is 5.28. The van der Waals surface area contributed by atoms with E-state index >= 15 is 0 Å². The Balaban J connectivity index is 1.84. The molecule has 1 amide bonds. The molecule has 0 spiro atoms. The lowest BCUT2D eigenvalue weighted by Crippen LogP contribution is -2.42. The number of anilines is 3. The highest BCUT2D eigenvalue weighted by atomic mass is 19.1. The van der Waals surface area contributed by atoms with Gasteiger partial charge in [-0.1, -0.05) is 18.2 Å². The summed E-state index contributed by atoms with van der Waals surface area (Å²) in [4.78, 5) is 14.2. The number of aliphatic hydroxyl groups is 1. The zero-order valence-corrected chi connectivity index (χ0v) is 12.2. The molecule has 2 aliphatic heterocycles. The van der Waals surface area contributed by atoms with E-state index in [2.05, 4.69) is 5.53 Å². The minimum Gasteiger partial charge on any atom is -0.493 e. The number of nitrogens with zero attached hydrogens (tertiary/aromatic N) is 3. The number of halogens is 1. The van der Waals surface area contributed by atoms with Crippen molar-refractivity contribution in [1.29, 1.82) is 0 Å². The third-order valence-corrected chi connectivity index (χ3v) is 3.91. The highest BCUT2D eigenvalue weighted by Gasteiger charge is 2.42. The first kappa shape index (κ1) is 13.6. The number of carbonyl (C=O) groups excluding carboxylic acids is 1. The van der Waals surface area contributed by atoms with Crippen LogP contribution in [-0.4, -0.2) is 18.1 Å². The number of benzene rings is 2. The van der Waals surface area contributed by atoms with Crippen molar-refractivity contribution in [3.8, 4) is 0 Å². The van der Waals surface area contributed by atoms with Crippen molar-refractivity contribution in [2.75, 3.05) is 22.0 Å². The number of hydrogen-bond acceptors (Lipinski definition) is 5. The van der Waals surface area contributed by atoms with Gasteiger partial charge in [0, 0.05) is 7.05 Å². The van der Waals surface area contributed by atoms with E-state index in [-0.39, 0.29) is 11.6 Å². The van der Waals surface area contributed by atoms with Gasteiger partial charge in [0.15, 0.2) is 5.70 Å². The van der Waals surface area contributed by atoms with Crippen LogP contribution >= 0.6 is 0 Å². The van der Waals surface area contributed by atoms with Crippen LogP contribution in [0, 0.1) is 5.82 Å². The average Bonchev–Trinajstić information content (AvgIpc) is 2.90. The van der Waals surface area contributed by atoms with Gasteiger partial charge >= 0.3 is 0 Å². The van der Waals surface area contributed by atoms with Gasteiger partial charge in [0.25, 0.3) is 5.91 Å². The number of amides is 1. The lowest BCUT2D eigenvalue weighted by Gasteiger charge is -2.32. The maximum Gasteiger partial charge on any atom is 0.297 e. The molecule has 116 valence electrons. The van der Waals surface area contributed by atoms with Crippen molar-refractivity contribution in [2.24, 2.45) is 0 Å². The summed E-state index contributed by atoms with van der Waals surface area (Å²) in [7, 11) is 1.68. The summed E-state index contributed by atoms with van der Waals surface area (Å²) in [6.45, 7) is 0. The minimum atomic E-state index is -0.463. The maximum absolute atomic E-state index is 13.4. The Morgan fingerprint density at radius 2 is 1.78 bits per heavy atom. The van der Waals surface area contributed by atoms with Crippen molar-refractivity contribution in [3.63, 3.8) is 0 Å². The summed E-state index contributed by atoms with van der Waals surface area (Å²) in [5.74, 6) is -1.08. The summed E-state index contributed by atoms with van der Waals surface area (Å²) in [5, 5.41) is 13.1. The molecule has 7 heteroatoms. The molecule has 0 unspecified atom stereocenters. The summed E-state index contributed by atoms with van der Waals surface area (Å²) in [6, 6.07) is 13.0. The first-order valence-electron chi connectivity index (χ1n) is 7.00. The van der Waals surface area contributed by atoms with Crippen molar-refractivity contribution < 1.29 is 14.3 Å². The number of hydrogen-bond donors (Lipinski definition) is 2. The molecule has 0 bridgehead atoms. The Hall–Kier alpha value is -3.06. The Kier molecular flexibility index (Phi) is 2.79. The molecule has 2 aromatic rings. The summed E-state index contributed by atoms with van der Waals surface area (Å²) in [5.41, 5.74) is 4.81. The van der Waals surface area contributed by atoms with Crippen LogP contribution in [-0.2, 0) is 4.79 Å². The third-order valence-electron chi connectivity index (χ3n) is 3.91. The zero-order chi connectivity index (χ0) is 16.1. The Labute approximate surface area is 131 Å². The fraction of sp³-hybridized carbons (Fsp3) is 0.0625. The molecule has 4 rings (SSSR count). The largest absolute Gasteiger partial charge is 0.493 e. The van der Waals surface area contributed by atoms with Gasteiger partial charge in [-0.25, -0.2) is 14.4 Å². The second kappa shape index (κ2) is 4.72. The number of hydrazine groups is 2. The normalized spacial score (nSPS) is 16.8. The van der Waals surface area contributed by atoms with E-state index in [0.717, 1.165) is 11.4 Å². The lowest BCUT2D eigenvalue weighted by atomic mass is 10.2. The monoisotopic (exact) mass is 312 g/mol. The molecule has 6 nitrogen and oxygen atoms in total. The molecule has 2 heterocycles. The number of aliphatic hydroxyl groups excluding tert-OH is 1. The van der Waals surface area contributed by atoms with Crippen LogP contribution in [0.2, 0.25) is 0 Å². The zero-order valence-electron chi connectivity index (χ0n) is 12.2. The van der Waals surface area contributed by atoms with Gasteiger partial charge in [0.1, 0.15) is 5.82 Å². The van der Waals surface area contributed by atoms with Crippen molar-refractivity contribution in [1.82, 2.24) is 5.53 Å². The van der Waals surface area contributed by atoms with Crippen molar-refractivity contribution in [3.05, 3.63) is 65.9 Å². The number of nitrogens with one attached hydrogen (secondary N) is 1. The van der Waals surface area contributed by atoms with E-state index in [0.29, 0.717) is 5.69 Å². The molecule has 0 aromatic heterocycles. The first-order chi connectivity index (χ1) is 11.1. The molecule has 2 N–H and O–H groups in total. The number of rotatable bonds is 1. The van der Waals surface area contributed by atoms with Crippen LogP contribution in [0.3, 0.4) is 0 Å². The molecule has 1 saturated heterocycles. The Bertz CT molecular complexity index is 851. The topological polar surface area (TPSA) is 59.1 Å². The first-order valence-corrected chi connectivity index (χ1v) is 7.00. The van der Waals surface area contributed by atoms with E-state index < -0.39 is 11.7 Å². The van der Waals surface area contributed by atoms with Crippen molar-refractivity contribution in [2.45, 2.75) is 0 Å². The minimum absolute atomic E-state index is 0.0930. The number of fused-ring (bicyclic) bond motifs is 3. The summed E-state index contributed by atoms with van der Waals surface area (Å²) >= 11 is 0. The Morgan fingerprint density at radius 1 is 1.04 bits per heavy atom. The molecule has 2 aliphatic rings.